The molecule has 5 heteroatoms. The summed E-state index contributed by atoms with van der Waals surface area (Å²) in [5.41, 5.74) is 0.813. The first-order valence-electron chi connectivity index (χ1n) is 14.5. The number of fused-ring (bicyclic) bond motifs is 5. The van der Waals surface area contributed by atoms with Crippen molar-refractivity contribution >= 4 is 10.4 Å². The predicted octanol–water partition coefficient (Wildman–Crippen LogP) is 7.93. The van der Waals surface area contributed by atoms with Crippen LogP contribution < -0.4 is 0 Å². The quantitative estimate of drug-likeness (QED) is 0.346. The SMILES string of the molecule is CCC(CCC(C)C1CCC2C3CCC4CC(OS(=O)(=O)O)CCC4(C)C3CCC12C)C(C)C. The van der Waals surface area contributed by atoms with E-state index in [9.17, 15) is 13.0 Å². The Bertz CT molecular complexity index is 809. The molecule has 0 aromatic heterocycles. The minimum absolute atomic E-state index is 0.304. The first-order valence-corrected chi connectivity index (χ1v) is 15.9. The third-order valence-corrected chi connectivity index (χ3v) is 12.6. The molecule has 4 aliphatic carbocycles. The molecule has 4 aliphatic rings. The van der Waals surface area contributed by atoms with Crippen LogP contribution in [0.1, 0.15) is 119 Å². The van der Waals surface area contributed by atoms with Crippen LogP contribution in [0.15, 0.2) is 0 Å². The third-order valence-electron chi connectivity index (χ3n) is 12.1. The maximum Gasteiger partial charge on any atom is 0.397 e. The van der Waals surface area contributed by atoms with E-state index in [4.69, 9.17) is 4.18 Å². The average molecular weight is 497 g/mol. The Balaban J connectivity index is 1.43. The molecule has 0 aliphatic heterocycles. The number of hydrogen-bond acceptors (Lipinski definition) is 3. The van der Waals surface area contributed by atoms with Crippen molar-refractivity contribution < 1.29 is 17.2 Å². The Morgan fingerprint density at radius 2 is 1.59 bits per heavy atom. The van der Waals surface area contributed by atoms with Crippen LogP contribution >= 0.6 is 0 Å². The zero-order valence-corrected chi connectivity index (χ0v) is 23.6. The summed E-state index contributed by atoms with van der Waals surface area (Å²) in [5.74, 6) is 6.40. The molecule has 198 valence electrons. The van der Waals surface area contributed by atoms with Crippen molar-refractivity contribution in [3.8, 4) is 0 Å². The standard InChI is InChI=1S/C29H52O4S/c1-7-21(19(2)3)9-8-20(4)25-12-13-26-24-11-10-22-18-23(33-34(30,31)32)14-16-28(22,5)27(24)15-17-29(25,26)6/h19-27H,7-18H2,1-6H3,(H,30,31,32). The van der Waals surface area contributed by atoms with E-state index >= 15 is 0 Å². The van der Waals surface area contributed by atoms with Crippen molar-refractivity contribution in [2.24, 2.45) is 58.2 Å². The number of rotatable bonds is 8. The smallest absolute Gasteiger partial charge is 0.264 e. The van der Waals surface area contributed by atoms with Gasteiger partial charge < -0.3 is 0 Å². The van der Waals surface area contributed by atoms with Gasteiger partial charge in [-0.25, -0.2) is 4.18 Å². The molecule has 0 saturated heterocycles. The van der Waals surface area contributed by atoms with Gasteiger partial charge in [-0.2, -0.15) is 8.42 Å². The van der Waals surface area contributed by atoms with Crippen LogP contribution in [0, 0.1) is 58.2 Å². The first kappa shape index (κ1) is 26.9. The Morgan fingerprint density at radius 3 is 2.24 bits per heavy atom. The van der Waals surface area contributed by atoms with Crippen LogP contribution in [0.5, 0.6) is 0 Å². The van der Waals surface area contributed by atoms with Crippen LogP contribution in [0.2, 0.25) is 0 Å². The monoisotopic (exact) mass is 496 g/mol. The van der Waals surface area contributed by atoms with Crippen LogP contribution in [0.3, 0.4) is 0 Å². The molecule has 10 unspecified atom stereocenters. The van der Waals surface area contributed by atoms with Gasteiger partial charge in [-0.15, -0.1) is 0 Å². The Labute approximate surface area is 210 Å². The topological polar surface area (TPSA) is 63.6 Å². The molecule has 4 saturated carbocycles. The van der Waals surface area contributed by atoms with E-state index < -0.39 is 10.4 Å². The van der Waals surface area contributed by atoms with Crippen molar-refractivity contribution in [1.82, 2.24) is 0 Å². The van der Waals surface area contributed by atoms with Gasteiger partial charge in [0.15, 0.2) is 0 Å². The van der Waals surface area contributed by atoms with E-state index in [2.05, 4.69) is 41.5 Å². The summed E-state index contributed by atoms with van der Waals surface area (Å²) in [6.07, 6.45) is 14.4. The van der Waals surface area contributed by atoms with Gasteiger partial charge in [0.05, 0.1) is 6.10 Å². The molecule has 0 spiro atoms. The molecule has 0 heterocycles. The fraction of sp³-hybridized carbons (Fsp3) is 1.00. The van der Waals surface area contributed by atoms with E-state index in [0.717, 1.165) is 60.7 Å². The summed E-state index contributed by atoms with van der Waals surface area (Å²) >= 11 is 0. The van der Waals surface area contributed by atoms with Gasteiger partial charge in [-0.05, 0) is 122 Å². The average Bonchev–Trinajstić information content (AvgIpc) is 3.10. The first-order chi connectivity index (χ1) is 15.9. The molecule has 4 fully saturated rings. The molecule has 34 heavy (non-hydrogen) atoms. The van der Waals surface area contributed by atoms with Gasteiger partial charge in [-0.3, -0.25) is 4.55 Å². The fourth-order valence-corrected chi connectivity index (χ4v) is 10.7. The second kappa shape index (κ2) is 9.97. The summed E-state index contributed by atoms with van der Waals surface area (Å²) in [7, 11) is -4.36. The summed E-state index contributed by atoms with van der Waals surface area (Å²) < 4.78 is 36.8. The van der Waals surface area contributed by atoms with Gasteiger partial charge >= 0.3 is 10.4 Å². The zero-order valence-electron chi connectivity index (χ0n) is 22.8. The molecular weight excluding hydrogens is 444 g/mol. The normalized spacial score (nSPS) is 44.2. The lowest BCUT2D eigenvalue weighted by Crippen LogP contribution is -2.54. The largest absolute Gasteiger partial charge is 0.397 e. The van der Waals surface area contributed by atoms with Crippen molar-refractivity contribution in [2.45, 2.75) is 125 Å². The molecule has 4 rings (SSSR count). The second-order valence-corrected chi connectivity index (χ2v) is 14.8. The van der Waals surface area contributed by atoms with Gasteiger partial charge in [-0.1, -0.05) is 54.4 Å². The van der Waals surface area contributed by atoms with Gasteiger partial charge in [0.25, 0.3) is 0 Å². The Morgan fingerprint density at radius 1 is 0.912 bits per heavy atom. The highest BCUT2D eigenvalue weighted by molar-refractivity contribution is 7.80. The van der Waals surface area contributed by atoms with E-state index in [0.29, 0.717) is 16.7 Å². The lowest BCUT2D eigenvalue weighted by atomic mass is 9.44. The van der Waals surface area contributed by atoms with E-state index in [1.54, 1.807) is 0 Å². The molecule has 0 bridgehead atoms. The molecule has 4 nitrogen and oxygen atoms in total. The lowest BCUT2D eigenvalue weighted by molar-refractivity contribution is -0.127. The van der Waals surface area contributed by atoms with Crippen LogP contribution in [0.4, 0.5) is 0 Å². The minimum atomic E-state index is -4.36. The molecule has 10 atom stereocenters. The summed E-state index contributed by atoms with van der Waals surface area (Å²) in [5, 5.41) is 0. The van der Waals surface area contributed by atoms with Gasteiger partial charge in [0.1, 0.15) is 0 Å². The van der Waals surface area contributed by atoms with Crippen molar-refractivity contribution in [3.63, 3.8) is 0 Å². The Kier molecular flexibility index (Phi) is 7.89. The van der Waals surface area contributed by atoms with Crippen LogP contribution in [-0.4, -0.2) is 19.1 Å². The molecule has 1 N–H and O–H groups in total. The number of hydrogen-bond donors (Lipinski definition) is 1. The molecule has 0 aromatic rings. The van der Waals surface area contributed by atoms with Crippen molar-refractivity contribution in [1.29, 1.82) is 0 Å². The van der Waals surface area contributed by atoms with E-state index in [-0.39, 0.29) is 6.10 Å². The predicted molar refractivity (Wildman–Crippen MR) is 139 cm³/mol. The molecule has 0 aromatic carbocycles. The van der Waals surface area contributed by atoms with Crippen molar-refractivity contribution in [3.05, 3.63) is 0 Å². The Hall–Kier alpha value is -0.130. The van der Waals surface area contributed by atoms with Gasteiger partial charge in [0, 0.05) is 0 Å². The van der Waals surface area contributed by atoms with E-state index in [1.807, 2.05) is 0 Å². The summed E-state index contributed by atoms with van der Waals surface area (Å²) in [4.78, 5) is 0. The van der Waals surface area contributed by atoms with E-state index in [1.165, 1.54) is 57.8 Å². The van der Waals surface area contributed by atoms with Crippen LogP contribution in [-0.2, 0) is 14.6 Å². The summed E-state index contributed by atoms with van der Waals surface area (Å²) in [6, 6.07) is 0. The maximum atomic E-state index is 11.3. The van der Waals surface area contributed by atoms with Gasteiger partial charge in [0.2, 0.25) is 0 Å². The zero-order chi connectivity index (χ0) is 24.9. The minimum Gasteiger partial charge on any atom is -0.264 e. The highest BCUT2D eigenvalue weighted by atomic mass is 32.3. The molecule has 0 radical (unpaired) electrons. The van der Waals surface area contributed by atoms with Crippen molar-refractivity contribution in [2.75, 3.05) is 0 Å². The lowest BCUT2D eigenvalue weighted by Gasteiger charge is -2.61. The molecule has 0 amide bonds. The second-order valence-electron chi connectivity index (χ2n) is 13.8. The highest BCUT2D eigenvalue weighted by Crippen LogP contribution is 2.68. The third kappa shape index (κ3) is 5.01. The fourth-order valence-electron chi connectivity index (χ4n) is 10.1. The maximum absolute atomic E-state index is 11.3. The summed E-state index contributed by atoms with van der Waals surface area (Å²) in [6.45, 7) is 14.9. The molecular formula is C29H52O4S. The highest BCUT2D eigenvalue weighted by Gasteiger charge is 2.60. The van der Waals surface area contributed by atoms with Crippen LogP contribution in [0.25, 0.3) is 0 Å².